The first kappa shape index (κ1) is 17.0. The molecule has 114 valence electrons. The lowest BCUT2D eigenvalue weighted by Crippen LogP contribution is -2.51. The average molecular weight is 300 g/mol. The number of hydrogen-bond acceptors (Lipinski definition) is 6. The highest BCUT2D eigenvalue weighted by atomic mass is 32.2. The Morgan fingerprint density at radius 3 is 2.85 bits per heavy atom. The number of esters is 1. The lowest BCUT2D eigenvalue weighted by atomic mass is 9.96. The number of oxazole rings is 1. The molecule has 2 atom stereocenters. The highest BCUT2D eigenvalue weighted by Crippen LogP contribution is 2.28. The van der Waals surface area contributed by atoms with Gasteiger partial charge in [0.25, 0.3) is 5.22 Å². The monoisotopic (exact) mass is 300 g/mol. The van der Waals surface area contributed by atoms with E-state index in [2.05, 4.69) is 24.1 Å². The van der Waals surface area contributed by atoms with Gasteiger partial charge in [0.1, 0.15) is 11.8 Å². The molecule has 0 aliphatic rings. The van der Waals surface area contributed by atoms with Crippen LogP contribution in [-0.4, -0.2) is 35.4 Å². The quantitative estimate of drug-likeness (QED) is 0.588. The number of carbonyl (C=O) groups is 1. The minimum atomic E-state index is -0.682. The van der Waals surface area contributed by atoms with Gasteiger partial charge in [-0.2, -0.15) is 0 Å². The Morgan fingerprint density at radius 2 is 2.35 bits per heavy atom. The van der Waals surface area contributed by atoms with Crippen molar-refractivity contribution in [3.05, 3.63) is 12.0 Å². The summed E-state index contributed by atoms with van der Waals surface area (Å²) in [7, 11) is 1.42. The van der Waals surface area contributed by atoms with Crippen LogP contribution in [0.4, 0.5) is 0 Å². The van der Waals surface area contributed by atoms with E-state index < -0.39 is 5.54 Å². The third-order valence-corrected chi connectivity index (χ3v) is 3.95. The van der Waals surface area contributed by atoms with Crippen LogP contribution < -0.4 is 5.32 Å². The largest absolute Gasteiger partial charge is 0.468 e. The van der Waals surface area contributed by atoms with Gasteiger partial charge in [0.15, 0.2) is 0 Å². The van der Waals surface area contributed by atoms with E-state index in [1.165, 1.54) is 18.9 Å². The van der Waals surface area contributed by atoms with Crippen molar-refractivity contribution in [2.75, 3.05) is 13.7 Å². The van der Waals surface area contributed by atoms with Crippen molar-refractivity contribution in [3.8, 4) is 0 Å². The van der Waals surface area contributed by atoms with Crippen molar-refractivity contribution in [1.82, 2.24) is 10.3 Å². The molecular formula is C14H24N2O3S. The zero-order valence-corrected chi connectivity index (χ0v) is 13.7. The molecule has 20 heavy (non-hydrogen) atoms. The Bertz CT molecular complexity index is 436. The molecule has 2 unspecified atom stereocenters. The van der Waals surface area contributed by atoms with Crippen molar-refractivity contribution in [2.24, 2.45) is 0 Å². The van der Waals surface area contributed by atoms with Gasteiger partial charge in [0.05, 0.1) is 12.8 Å². The summed E-state index contributed by atoms with van der Waals surface area (Å²) < 4.78 is 10.3. The van der Waals surface area contributed by atoms with E-state index in [0.29, 0.717) is 11.6 Å². The maximum Gasteiger partial charge on any atom is 0.325 e. The van der Waals surface area contributed by atoms with E-state index in [1.54, 1.807) is 6.26 Å². The Labute approximate surface area is 124 Å². The molecule has 1 N–H and O–H groups in total. The summed E-state index contributed by atoms with van der Waals surface area (Å²) >= 11 is 1.53. The zero-order valence-electron chi connectivity index (χ0n) is 12.9. The van der Waals surface area contributed by atoms with Crippen LogP contribution in [-0.2, 0) is 9.53 Å². The van der Waals surface area contributed by atoms with Crippen molar-refractivity contribution in [3.63, 3.8) is 0 Å². The number of thioether (sulfide) groups is 1. The SMILES string of the molecule is CCCNC(C)(CC(C)Sc1nc(C)co1)C(=O)OC. The molecule has 0 bridgehead atoms. The summed E-state index contributed by atoms with van der Waals surface area (Å²) in [6, 6.07) is 0. The standard InChI is InChI=1S/C14H24N2O3S/c1-6-7-15-14(4,12(17)18-5)8-11(3)20-13-16-10(2)9-19-13/h9,11,15H,6-8H2,1-5H3. The number of hydrogen-bond donors (Lipinski definition) is 1. The van der Waals surface area contributed by atoms with E-state index in [-0.39, 0.29) is 11.2 Å². The van der Waals surface area contributed by atoms with Crippen molar-refractivity contribution in [1.29, 1.82) is 0 Å². The predicted molar refractivity (Wildman–Crippen MR) is 79.9 cm³/mol. The fourth-order valence-corrected chi connectivity index (χ4v) is 3.09. The van der Waals surface area contributed by atoms with Gasteiger partial charge in [-0.1, -0.05) is 25.6 Å². The number of aromatic nitrogens is 1. The van der Waals surface area contributed by atoms with Crippen LogP contribution in [0.5, 0.6) is 0 Å². The summed E-state index contributed by atoms with van der Waals surface area (Å²) in [5, 5.41) is 4.10. The van der Waals surface area contributed by atoms with Gasteiger partial charge < -0.3 is 14.5 Å². The van der Waals surface area contributed by atoms with Gasteiger partial charge in [-0.3, -0.25) is 4.79 Å². The van der Waals surface area contributed by atoms with Crippen LogP contribution >= 0.6 is 11.8 Å². The lowest BCUT2D eigenvalue weighted by molar-refractivity contribution is -0.148. The molecule has 1 aromatic rings. The molecule has 0 aliphatic heterocycles. The Hall–Kier alpha value is -1.01. The minimum Gasteiger partial charge on any atom is -0.468 e. The molecule has 0 fully saturated rings. The predicted octanol–water partition coefficient (Wildman–Crippen LogP) is 2.79. The molecular weight excluding hydrogens is 276 g/mol. The number of methoxy groups -OCH3 is 1. The van der Waals surface area contributed by atoms with Crippen LogP contribution in [0.3, 0.4) is 0 Å². The van der Waals surface area contributed by atoms with Gasteiger partial charge in [0.2, 0.25) is 0 Å². The van der Waals surface area contributed by atoms with Gasteiger partial charge in [-0.25, -0.2) is 4.98 Å². The summed E-state index contributed by atoms with van der Waals surface area (Å²) in [5.74, 6) is -0.234. The fraction of sp³-hybridized carbons (Fsp3) is 0.714. The van der Waals surface area contributed by atoms with Gasteiger partial charge in [-0.15, -0.1) is 0 Å². The number of rotatable bonds is 8. The smallest absolute Gasteiger partial charge is 0.325 e. The number of aryl methyl sites for hydroxylation is 1. The van der Waals surface area contributed by atoms with Crippen LogP contribution in [0.15, 0.2) is 15.9 Å². The minimum absolute atomic E-state index is 0.182. The van der Waals surface area contributed by atoms with Gasteiger partial charge >= 0.3 is 5.97 Å². The molecule has 0 amide bonds. The van der Waals surface area contributed by atoms with E-state index in [1.807, 2.05) is 13.8 Å². The lowest BCUT2D eigenvalue weighted by Gasteiger charge is -2.30. The second-order valence-electron chi connectivity index (χ2n) is 5.14. The molecule has 0 saturated heterocycles. The van der Waals surface area contributed by atoms with Crippen LogP contribution in [0.1, 0.15) is 39.3 Å². The zero-order chi connectivity index (χ0) is 15.2. The molecule has 0 aliphatic carbocycles. The molecule has 1 heterocycles. The number of nitrogens with zero attached hydrogens (tertiary/aromatic N) is 1. The first-order valence-corrected chi connectivity index (χ1v) is 7.71. The average Bonchev–Trinajstić information content (AvgIpc) is 2.80. The molecule has 1 rings (SSSR count). The summed E-state index contributed by atoms with van der Waals surface area (Å²) in [5.41, 5.74) is 0.179. The molecule has 6 heteroatoms. The summed E-state index contributed by atoms with van der Waals surface area (Å²) in [4.78, 5) is 16.3. The van der Waals surface area contributed by atoms with Crippen LogP contribution in [0.25, 0.3) is 0 Å². The molecule has 0 saturated carbocycles. The molecule has 5 nitrogen and oxygen atoms in total. The van der Waals surface area contributed by atoms with Crippen LogP contribution in [0.2, 0.25) is 0 Å². The van der Waals surface area contributed by atoms with E-state index in [0.717, 1.165) is 18.7 Å². The summed E-state index contributed by atoms with van der Waals surface area (Å²) in [6.45, 7) is 8.67. The van der Waals surface area contributed by atoms with E-state index in [9.17, 15) is 4.79 Å². The third-order valence-electron chi connectivity index (χ3n) is 3.00. The number of carbonyl (C=O) groups excluding carboxylic acids is 1. The first-order chi connectivity index (χ1) is 9.41. The number of ether oxygens (including phenoxy) is 1. The maximum absolute atomic E-state index is 12.0. The molecule has 0 spiro atoms. The van der Waals surface area contributed by atoms with Gasteiger partial charge in [-0.05, 0) is 33.2 Å². The Morgan fingerprint density at radius 1 is 1.65 bits per heavy atom. The second kappa shape index (κ2) is 7.69. The highest BCUT2D eigenvalue weighted by Gasteiger charge is 2.35. The normalized spacial score (nSPS) is 15.7. The first-order valence-electron chi connectivity index (χ1n) is 6.83. The number of nitrogens with one attached hydrogen (secondary N) is 1. The molecule has 1 aromatic heterocycles. The Kier molecular flexibility index (Phi) is 6.55. The van der Waals surface area contributed by atoms with E-state index in [4.69, 9.17) is 9.15 Å². The van der Waals surface area contributed by atoms with Crippen molar-refractivity contribution < 1.29 is 13.9 Å². The third kappa shape index (κ3) is 4.83. The van der Waals surface area contributed by atoms with Gasteiger partial charge in [0, 0.05) is 5.25 Å². The topological polar surface area (TPSA) is 64.4 Å². The molecule has 0 radical (unpaired) electrons. The highest BCUT2D eigenvalue weighted by molar-refractivity contribution is 7.99. The van der Waals surface area contributed by atoms with Crippen molar-refractivity contribution >= 4 is 17.7 Å². The second-order valence-corrected chi connectivity index (χ2v) is 6.53. The van der Waals surface area contributed by atoms with E-state index >= 15 is 0 Å². The maximum atomic E-state index is 12.0. The Balaban J connectivity index is 2.65. The van der Waals surface area contributed by atoms with Crippen molar-refractivity contribution in [2.45, 2.75) is 56.5 Å². The fourth-order valence-electron chi connectivity index (χ4n) is 2.03. The summed E-state index contributed by atoms with van der Waals surface area (Å²) in [6.07, 6.45) is 3.24. The van der Waals surface area contributed by atoms with Crippen LogP contribution in [0, 0.1) is 6.92 Å². The molecule has 0 aromatic carbocycles.